The Labute approximate surface area is 128 Å². The zero-order chi connectivity index (χ0) is 17.2. The normalized spacial score (nSPS) is 19.7. The standard InChI is InChI=1S/C14H15F5N2O2/c15-9-2-1-3-10(16)11(9)12(14(17,18)19)20-13(23)21-5-4-8(6-21)7-22/h1-3,8,12,22H,4-7H2,(H,20,23)/t8-,12+/m1/s1. The summed E-state index contributed by atoms with van der Waals surface area (Å²) in [6, 6.07) is -1.53. The van der Waals surface area contributed by atoms with Gasteiger partial charge in [0.25, 0.3) is 0 Å². The summed E-state index contributed by atoms with van der Waals surface area (Å²) in [6.07, 6.45) is -4.61. The lowest BCUT2D eigenvalue weighted by Crippen LogP contribution is -2.45. The van der Waals surface area contributed by atoms with Crippen molar-refractivity contribution in [1.82, 2.24) is 10.2 Å². The van der Waals surface area contributed by atoms with Crippen LogP contribution in [0.15, 0.2) is 18.2 Å². The molecule has 0 unspecified atom stereocenters. The van der Waals surface area contributed by atoms with Crippen molar-refractivity contribution < 1.29 is 31.9 Å². The molecule has 2 atom stereocenters. The number of carbonyl (C=O) groups is 1. The zero-order valence-electron chi connectivity index (χ0n) is 11.9. The number of amides is 2. The van der Waals surface area contributed by atoms with E-state index in [2.05, 4.69) is 0 Å². The molecule has 0 spiro atoms. The second-order valence-corrected chi connectivity index (χ2v) is 5.34. The SMILES string of the molecule is O=C(N[C@@H](c1c(F)cccc1F)C(F)(F)F)N1CC[C@@H](CO)C1. The average molecular weight is 338 g/mol. The van der Waals surface area contributed by atoms with E-state index in [-0.39, 0.29) is 25.6 Å². The van der Waals surface area contributed by atoms with E-state index < -0.39 is 35.4 Å². The Bertz CT molecular complexity index is 559. The second kappa shape index (κ2) is 6.69. The second-order valence-electron chi connectivity index (χ2n) is 5.34. The Hall–Kier alpha value is -1.90. The van der Waals surface area contributed by atoms with E-state index in [4.69, 9.17) is 5.11 Å². The quantitative estimate of drug-likeness (QED) is 0.833. The summed E-state index contributed by atoms with van der Waals surface area (Å²) in [4.78, 5) is 13.0. The molecular formula is C14H15F5N2O2. The highest BCUT2D eigenvalue weighted by molar-refractivity contribution is 5.75. The van der Waals surface area contributed by atoms with E-state index in [0.29, 0.717) is 18.6 Å². The van der Waals surface area contributed by atoms with Gasteiger partial charge in [-0.1, -0.05) is 6.07 Å². The van der Waals surface area contributed by atoms with Crippen LogP contribution >= 0.6 is 0 Å². The van der Waals surface area contributed by atoms with Gasteiger partial charge in [-0.05, 0) is 18.6 Å². The Kier molecular flexibility index (Phi) is 5.08. The van der Waals surface area contributed by atoms with Crippen LogP contribution in [0.1, 0.15) is 18.0 Å². The first-order valence-corrected chi connectivity index (χ1v) is 6.91. The number of rotatable bonds is 3. The monoisotopic (exact) mass is 338 g/mol. The van der Waals surface area contributed by atoms with Gasteiger partial charge < -0.3 is 15.3 Å². The van der Waals surface area contributed by atoms with Crippen molar-refractivity contribution in [3.8, 4) is 0 Å². The molecule has 0 aromatic heterocycles. The molecule has 0 radical (unpaired) electrons. The molecule has 0 aliphatic carbocycles. The summed E-state index contributed by atoms with van der Waals surface area (Å²) >= 11 is 0. The van der Waals surface area contributed by atoms with Crippen molar-refractivity contribution in [3.05, 3.63) is 35.4 Å². The predicted octanol–water partition coefficient (Wildman–Crippen LogP) is 2.59. The summed E-state index contributed by atoms with van der Waals surface area (Å²) in [5.74, 6) is -2.99. The number of benzene rings is 1. The molecular weight excluding hydrogens is 323 g/mol. The molecule has 1 aliphatic heterocycles. The van der Waals surface area contributed by atoms with Gasteiger partial charge in [-0.2, -0.15) is 13.2 Å². The molecule has 4 nitrogen and oxygen atoms in total. The molecule has 2 N–H and O–H groups in total. The number of nitrogens with one attached hydrogen (secondary N) is 1. The molecule has 1 saturated heterocycles. The highest BCUT2D eigenvalue weighted by Gasteiger charge is 2.45. The summed E-state index contributed by atoms with van der Waals surface area (Å²) < 4.78 is 66.7. The smallest absolute Gasteiger partial charge is 0.396 e. The molecule has 1 fully saturated rings. The lowest BCUT2D eigenvalue weighted by atomic mass is 10.1. The first-order chi connectivity index (χ1) is 10.7. The number of carbonyl (C=O) groups excluding carboxylic acids is 1. The molecule has 1 aromatic carbocycles. The van der Waals surface area contributed by atoms with Crippen LogP contribution in [0.3, 0.4) is 0 Å². The fourth-order valence-corrected chi connectivity index (χ4v) is 2.49. The van der Waals surface area contributed by atoms with Crippen molar-refractivity contribution >= 4 is 6.03 Å². The topological polar surface area (TPSA) is 52.6 Å². The van der Waals surface area contributed by atoms with Crippen LogP contribution < -0.4 is 5.32 Å². The van der Waals surface area contributed by atoms with E-state index in [9.17, 15) is 26.7 Å². The van der Waals surface area contributed by atoms with Crippen LogP contribution in [0.5, 0.6) is 0 Å². The number of likely N-dealkylation sites (tertiary alicyclic amines) is 1. The van der Waals surface area contributed by atoms with Crippen molar-refractivity contribution in [3.63, 3.8) is 0 Å². The molecule has 23 heavy (non-hydrogen) atoms. The van der Waals surface area contributed by atoms with Gasteiger partial charge in [-0.15, -0.1) is 0 Å². The third-order valence-electron chi connectivity index (χ3n) is 3.71. The largest absolute Gasteiger partial charge is 0.413 e. The maximum absolute atomic E-state index is 13.6. The fourth-order valence-electron chi connectivity index (χ4n) is 2.49. The van der Waals surface area contributed by atoms with Crippen molar-refractivity contribution in [2.24, 2.45) is 5.92 Å². The van der Waals surface area contributed by atoms with Crippen LogP contribution in [-0.4, -0.2) is 41.9 Å². The number of urea groups is 1. The first kappa shape index (κ1) is 17.5. The molecule has 2 rings (SSSR count). The molecule has 128 valence electrons. The molecule has 1 aliphatic rings. The van der Waals surface area contributed by atoms with Crippen molar-refractivity contribution in [2.45, 2.75) is 18.6 Å². The van der Waals surface area contributed by atoms with E-state index in [1.807, 2.05) is 0 Å². The van der Waals surface area contributed by atoms with Gasteiger partial charge in [-0.3, -0.25) is 0 Å². The van der Waals surface area contributed by atoms with Crippen LogP contribution in [0, 0.1) is 17.6 Å². The number of nitrogens with zero attached hydrogens (tertiary/aromatic N) is 1. The maximum atomic E-state index is 13.6. The number of hydrogen-bond donors (Lipinski definition) is 2. The first-order valence-electron chi connectivity index (χ1n) is 6.91. The Morgan fingerprint density at radius 1 is 1.35 bits per heavy atom. The predicted molar refractivity (Wildman–Crippen MR) is 70.5 cm³/mol. The van der Waals surface area contributed by atoms with Crippen LogP contribution in [-0.2, 0) is 0 Å². The summed E-state index contributed by atoms with van der Waals surface area (Å²) in [5, 5.41) is 10.6. The number of hydrogen-bond acceptors (Lipinski definition) is 2. The van der Waals surface area contributed by atoms with E-state index >= 15 is 0 Å². The van der Waals surface area contributed by atoms with Gasteiger partial charge in [0.15, 0.2) is 6.04 Å². The van der Waals surface area contributed by atoms with Crippen LogP contribution in [0.25, 0.3) is 0 Å². The van der Waals surface area contributed by atoms with Gasteiger partial charge in [0, 0.05) is 25.6 Å². The number of alkyl halides is 3. The van der Waals surface area contributed by atoms with E-state index in [1.165, 1.54) is 0 Å². The number of aliphatic hydroxyl groups is 1. The van der Waals surface area contributed by atoms with Crippen molar-refractivity contribution in [1.29, 1.82) is 0 Å². The maximum Gasteiger partial charge on any atom is 0.413 e. The van der Waals surface area contributed by atoms with Gasteiger partial charge in [0.2, 0.25) is 0 Å². The highest BCUT2D eigenvalue weighted by atomic mass is 19.4. The Morgan fingerprint density at radius 3 is 2.43 bits per heavy atom. The summed E-state index contributed by atoms with van der Waals surface area (Å²) in [7, 11) is 0. The van der Waals surface area contributed by atoms with E-state index in [0.717, 1.165) is 11.0 Å². The minimum atomic E-state index is -5.06. The Balaban J connectivity index is 2.22. The summed E-state index contributed by atoms with van der Waals surface area (Å²) in [5.41, 5.74) is -1.24. The average Bonchev–Trinajstić information content (AvgIpc) is 2.93. The van der Waals surface area contributed by atoms with Gasteiger partial charge >= 0.3 is 12.2 Å². The van der Waals surface area contributed by atoms with Crippen molar-refractivity contribution in [2.75, 3.05) is 19.7 Å². The zero-order valence-corrected chi connectivity index (χ0v) is 11.9. The minimum absolute atomic E-state index is 0.0899. The lowest BCUT2D eigenvalue weighted by Gasteiger charge is -2.26. The lowest BCUT2D eigenvalue weighted by molar-refractivity contribution is -0.156. The number of aliphatic hydroxyl groups excluding tert-OH is 1. The molecule has 9 heteroatoms. The minimum Gasteiger partial charge on any atom is -0.396 e. The Morgan fingerprint density at radius 2 is 1.96 bits per heavy atom. The van der Waals surface area contributed by atoms with E-state index in [1.54, 1.807) is 5.32 Å². The third kappa shape index (κ3) is 3.90. The fraction of sp³-hybridized carbons (Fsp3) is 0.500. The molecule has 2 amide bonds. The third-order valence-corrected chi connectivity index (χ3v) is 3.71. The molecule has 1 aromatic rings. The summed E-state index contributed by atoms with van der Waals surface area (Å²) in [6.45, 7) is 0.0719. The highest BCUT2D eigenvalue weighted by Crippen LogP contribution is 2.35. The molecule has 1 heterocycles. The van der Waals surface area contributed by atoms with Gasteiger partial charge in [0.1, 0.15) is 11.6 Å². The van der Waals surface area contributed by atoms with Gasteiger partial charge in [-0.25, -0.2) is 13.6 Å². The molecule has 0 bridgehead atoms. The number of halogens is 5. The van der Waals surface area contributed by atoms with Crippen LogP contribution in [0.2, 0.25) is 0 Å². The van der Waals surface area contributed by atoms with Crippen LogP contribution in [0.4, 0.5) is 26.7 Å². The van der Waals surface area contributed by atoms with Gasteiger partial charge in [0.05, 0.1) is 5.56 Å². The molecule has 0 saturated carbocycles.